The summed E-state index contributed by atoms with van der Waals surface area (Å²) in [4.78, 5) is 12.3. The molecule has 0 saturated carbocycles. The molecule has 0 fully saturated rings. The largest absolute Gasteiger partial charge is 0.710 e. The fourth-order valence-electron chi connectivity index (χ4n) is 2.25. The number of hydrogen-bond acceptors (Lipinski definition) is 5. The van der Waals surface area contributed by atoms with Gasteiger partial charge in [0.1, 0.15) is 4.88 Å². The van der Waals surface area contributed by atoms with Crippen LogP contribution < -0.4 is 14.8 Å². The van der Waals surface area contributed by atoms with E-state index in [0.29, 0.717) is 12.1 Å². The summed E-state index contributed by atoms with van der Waals surface area (Å²) in [5.41, 5.74) is -2.94. The minimum Gasteiger partial charge on any atom is -0.710 e. The van der Waals surface area contributed by atoms with Crippen LogP contribution in [0.1, 0.15) is 20.9 Å². The lowest BCUT2D eigenvalue weighted by atomic mass is 10.2. The minimum absolute atomic E-state index is 0.00786. The summed E-state index contributed by atoms with van der Waals surface area (Å²) in [5, 5.41) is 37.6. The Labute approximate surface area is 147 Å². The number of carbonyl (C=O) groups is 1. The quantitative estimate of drug-likeness (QED) is 0.544. The van der Waals surface area contributed by atoms with Crippen LogP contribution in [0, 0.1) is 21.7 Å². The second kappa shape index (κ2) is 6.16. The first-order chi connectivity index (χ1) is 12.2. The average molecular weight is 380 g/mol. The zero-order valence-electron chi connectivity index (χ0n) is 12.6. The fraction of sp³-hybridized carbons (Fsp3) is 0.0667. The third kappa shape index (κ3) is 2.86. The first-order valence-electron chi connectivity index (χ1n) is 6.89. The predicted molar refractivity (Wildman–Crippen MR) is 83.9 cm³/mol. The zero-order chi connectivity index (χ0) is 19.1. The molecule has 0 aliphatic rings. The van der Waals surface area contributed by atoms with Gasteiger partial charge >= 0.3 is 23.6 Å². The lowest BCUT2D eigenvalue weighted by Crippen LogP contribution is -2.44. The van der Waals surface area contributed by atoms with E-state index in [4.69, 9.17) is 5.26 Å². The van der Waals surface area contributed by atoms with Gasteiger partial charge in [0.25, 0.3) is 5.52 Å². The Balaban J connectivity index is 2.22. The molecule has 132 valence electrons. The van der Waals surface area contributed by atoms with Gasteiger partial charge in [-0.15, -0.1) is 16.1 Å². The highest BCUT2D eigenvalue weighted by molar-refractivity contribution is 7.12. The number of nitrogens with zero attached hydrogens (tertiary/aromatic N) is 3. The number of nitrogens with one attached hydrogen (secondary N) is 1. The molecule has 3 aromatic rings. The van der Waals surface area contributed by atoms with Crippen LogP contribution in [0.3, 0.4) is 0 Å². The summed E-state index contributed by atoms with van der Waals surface area (Å²) in [7, 11) is 0. The van der Waals surface area contributed by atoms with E-state index in [9.17, 15) is 28.4 Å². The van der Waals surface area contributed by atoms with Crippen LogP contribution in [0.25, 0.3) is 11.0 Å². The van der Waals surface area contributed by atoms with Crippen molar-refractivity contribution in [3.63, 3.8) is 0 Å². The van der Waals surface area contributed by atoms with Gasteiger partial charge in [-0.25, -0.2) is 9.52 Å². The Morgan fingerprint density at radius 3 is 2.50 bits per heavy atom. The maximum atomic E-state index is 12.9. The third-order valence-corrected chi connectivity index (χ3v) is 4.32. The molecular weight excluding hydrogens is 373 g/mol. The van der Waals surface area contributed by atoms with Gasteiger partial charge in [0.15, 0.2) is 6.07 Å². The molecule has 2 heterocycles. The van der Waals surface area contributed by atoms with Crippen LogP contribution in [-0.2, 0) is 6.18 Å². The number of nitriles is 1. The van der Waals surface area contributed by atoms with Crippen LogP contribution >= 0.6 is 11.3 Å². The van der Waals surface area contributed by atoms with Gasteiger partial charge in [0.05, 0.1) is 5.56 Å². The molecule has 0 spiro atoms. The molecule has 11 heteroatoms. The van der Waals surface area contributed by atoms with E-state index in [1.807, 2.05) is 0 Å². The number of aromatic nitrogens is 2. The smallest absolute Gasteiger partial charge is 0.416 e. The molecule has 1 N–H and O–H groups in total. The molecule has 1 aromatic carbocycles. The van der Waals surface area contributed by atoms with Crippen molar-refractivity contribution in [2.75, 3.05) is 5.32 Å². The molecule has 7 nitrogen and oxygen atoms in total. The monoisotopic (exact) mass is 380 g/mol. The topological polar surface area (TPSA) is 107 Å². The first kappa shape index (κ1) is 17.4. The van der Waals surface area contributed by atoms with Gasteiger partial charge in [-0.1, -0.05) is 6.07 Å². The Morgan fingerprint density at radius 1 is 1.19 bits per heavy atom. The number of benzene rings is 1. The van der Waals surface area contributed by atoms with E-state index in [-0.39, 0.29) is 14.3 Å². The van der Waals surface area contributed by atoms with Gasteiger partial charge in [-0.2, -0.15) is 23.7 Å². The van der Waals surface area contributed by atoms with Crippen molar-refractivity contribution in [3.05, 3.63) is 62.3 Å². The summed E-state index contributed by atoms with van der Waals surface area (Å²) in [6.45, 7) is 0. The van der Waals surface area contributed by atoms with Gasteiger partial charge < -0.3 is 10.4 Å². The van der Waals surface area contributed by atoms with Crippen molar-refractivity contribution in [3.8, 4) is 6.07 Å². The lowest BCUT2D eigenvalue weighted by Gasteiger charge is -2.14. The number of rotatable bonds is 2. The summed E-state index contributed by atoms with van der Waals surface area (Å²) >= 11 is 1.04. The highest BCUT2D eigenvalue weighted by Gasteiger charge is 2.34. The number of alkyl halides is 3. The van der Waals surface area contributed by atoms with Crippen LogP contribution in [0.15, 0.2) is 35.7 Å². The maximum absolute atomic E-state index is 12.9. The molecule has 2 aromatic heterocycles. The number of fused-ring (bicyclic) bond motifs is 1. The van der Waals surface area contributed by atoms with Crippen LogP contribution in [0.2, 0.25) is 0 Å². The number of amides is 1. The second-order valence-electron chi connectivity index (χ2n) is 5.03. The van der Waals surface area contributed by atoms with Crippen molar-refractivity contribution in [1.82, 2.24) is 0 Å². The third-order valence-electron chi connectivity index (χ3n) is 3.45. The van der Waals surface area contributed by atoms with E-state index >= 15 is 0 Å². The molecule has 3 rings (SSSR count). The van der Waals surface area contributed by atoms with E-state index in [1.54, 1.807) is 11.4 Å². The number of anilines is 1. The molecule has 0 aliphatic carbocycles. The van der Waals surface area contributed by atoms with Crippen molar-refractivity contribution in [1.29, 1.82) is 5.26 Å². The molecular formula is C15H7F3N4O3S. The molecule has 0 bridgehead atoms. The molecule has 0 saturated heterocycles. The molecule has 0 atom stereocenters. The van der Waals surface area contributed by atoms with E-state index in [0.717, 1.165) is 17.4 Å². The van der Waals surface area contributed by atoms with Crippen molar-refractivity contribution >= 4 is 34.1 Å². The standard InChI is InChI=1S/C15H7F3N4O3S/c16-15(17,18)8-3-4-9-10(6-8)22(25)13(11(7-19)21(9)24)20-14(23)12-2-1-5-26-12/h1-6H,(H,20,23). The van der Waals surface area contributed by atoms with Crippen LogP contribution in [0.4, 0.5) is 19.0 Å². The highest BCUT2D eigenvalue weighted by Crippen LogP contribution is 2.30. The van der Waals surface area contributed by atoms with Crippen molar-refractivity contribution in [2.45, 2.75) is 6.18 Å². The number of halogens is 3. The predicted octanol–water partition coefficient (Wildman–Crippen LogP) is 2.31. The van der Waals surface area contributed by atoms with Crippen LogP contribution in [0.5, 0.6) is 0 Å². The second-order valence-corrected chi connectivity index (χ2v) is 5.98. The number of hydrogen-bond donors (Lipinski definition) is 1. The SMILES string of the molecule is N#Cc1c(NC(=O)c2cccs2)[n+]([O-])c2cc(C(F)(F)F)ccc2[n+]1[O-]. The normalized spacial score (nSPS) is 11.3. The molecule has 0 unspecified atom stereocenters. The van der Waals surface area contributed by atoms with Gasteiger partial charge in [0.2, 0.25) is 5.52 Å². The van der Waals surface area contributed by atoms with Gasteiger partial charge in [-0.3, -0.25) is 0 Å². The van der Waals surface area contributed by atoms with Crippen molar-refractivity contribution in [2.24, 2.45) is 0 Å². The lowest BCUT2D eigenvalue weighted by molar-refractivity contribution is -0.620. The van der Waals surface area contributed by atoms with Crippen molar-refractivity contribution < 1.29 is 27.4 Å². The maximum Gasteiger partial charge on any atom is 0.416 e. The minimum atomic E-state index is -4.73. The molecule has 26 heavy (non-hydrogen) atoms. The molecule has 0 radical (unpaired) electrons. The molecule has 0 aliphatic heterocycles. The summed E-state index contributed by atoms with van der Waals surface area (Å²) in [5.74, 6) is -1.51. The Morgan fingerprint density at radius 2 is 1.92 bits per heavy atom. The zero-order valence-corrected chi connectivity index (χ0v) is 13.4. The van der Waals surface area contributed by atoms with E-state index in [2.05, 4.69) is 5.32 Å². The summed E-state index contributed by atoms with van der Waals surface area (Å²) < 4.78 is 38.6. The fourth-order valence-corrected chi connectivity index (χ4v) is 2.87. The first-order valence-corrected chi connectivity index (χ1v) is 7.77. The number of carbonyl (C=O) groups excluding carboxylic acids is 1. The average Bonchev–Trinajstić information content (AvgIpc) is 3.13. The molecule has 1 amide bonds. The summed E-state index contributed by atoms with van der Waals surface area (Å²) in [6, 6.07) is 6.41. The summed E-state index contributed by atoms with van der Waals surface area (Å²) in [6.07, 6.45) is -4.73. The Bertz CT molecular complexity index is 1060. The Kier molecular flexibility index (Phi) is 4.13. The highest BCUT2D eigenvalue weighted by atomic mass is 32.1. The van der Waals surface area contributed by atoms with E-state index < -0.39 is 40.2 Å². The van der Waals surface area contributed by atoms with E-state index in [1.165, 1.54) is 12.1 Å². The van der Waals surface area contributed by atoms with Gasteiger partial charge in [-0.05, 0) is 17.5 Å². The Hall–Kier alpha value is -3.39. The van der Waals surface area contributed by atoms with Gasteiger partial charge in [0, 0.05) is 12.1 Å². The number of thiophene rings is 1. The van der Waals surface area contributed by atoms with Crippen LogP contribution in [-0.4, -0.2) is 5.91 Å².